The summed E-state index contributed by atoms with van der Waals surface area (Å²) < 4.78 is 6.18. The Morgan fingerprint density at radius 1 is 1.14 bits per heavy atom. The van der Waals surface area contributed by atoms with Gasteiger partial charge < -0.3 is 4.74 Å². The Hall–Kier alpha value is 0.200. The molecule has 0 aromatic rings. The lowest BCUT2D eigenvalue weighted by Crippen LogP contribution is -2.35. The van der Waals surface area contributed by atoms with Gasteiger partial charge in [-0.2, -0.15) is 0 Å². The molecule has 0 aromatic heterocycles. The first-order chi connectivity index (χ1) is 6.63. The third-order valence-electron chi connectivity index (χ3n) is 3.37. The zero-order chi connectivity index (χ0) is 10.1. The summed E-state index contributed by atoms with van der Waals surface area (Å²) in [4.78, 5) is 10.9. The van der Waals surface area contributed by atoms with Gasteiger partial charge in [0.25, 0.3) is 0 Å². The second-order valence-corrected chi connectivity index (χ2v) is 6.50. The molecule has 0 amide bonds. The number of ether oxygens (including phenoxy) is 1. The van der Waals surface area contributed by atoms with Gasteiger partial charge in [-0.25, -0.2) is 0 Å². The molecule has 2 atom stereocenters. The number of alkyl halides is 1. The lowest BCUT2D eigenvalue weighted by atomic mass is 9.71. The zero-order valence-corrected chi connectivity index (χ0v) is 10.7. The standard InChI is InChI=1S/C11H17IO2/c1-7(13)14-11-5-8-2-9(6-11)4-10(12)3-8/h8-11H,2-6H2,1H3. The fourth-order valence-electron chi connectivity index (χ4n) is 3.04. The van der Waals surface area contributed by atoms with Crippen LogP contribution in [0.5, 0.6) is 0 Å². The smallest absolute Gasteiger partial charge is 0.302 e. The second-order valence-electron chi connectivity index (χ2n) is 4.74. The van der Waals surface area contributed by atoms with E-state index in [1.54, 1.807) is 0 Å². The first kappa shape index (κ1) is 10.7. The molecule has 14 heavy (non-hydrogen) atoms. The molecule has 0 saturated heterocycles. The van der Waals surface area contributed by atoms with Crippen LogP contribution >= 0.6 is 22.6 Å². The summed E-state index contributed by atoms with van der Waals surface area (Å²) in [6, 6.07) is 0. The van der Waals surface area contributed by atoms with Crippen LogP contribution in [0.3, 0.4) is 0 Å². The number of carbonyl (C=O) groups excluding carboxylic acids is 1. The second kappa shape index (κ2) is 4.37. The molecule has 2 unspecified atom stereocenters. The third-order valence-corrected chi connectivity index (χ3v) is 4.39. The Labute approximate surface area is 98.9 Å². The molecule has 80 valence electrons. The summed E-state index contributed by atoms with van der Waals surface area (Å²) in [6.45, 7) is 1.52. The highest BCUT2D eigenvalue weighted by Crippen LogP contribution is 2.43. The molecule has 0 aromatic carbocycles. The Kier molecular flexibility index (Phi) is 3.34. The average Bonchev–Trinajstić information content (AvgIpc) is 1.99. The van der Waals surface area contributed by atoms with Gasteiger partial charge in [0.2, 0.25) is 0 Å². The fourth-order valence-corrected chi connectivity index (χ4v) is 4.48. The molecule has 0 heterocycles. The van der Waals surface area contributed by atoms with Crippen LogP contribution in [0, 0.1) is 11.8 Å². The summed E-state index contributed by atoms with van der Waals surface area (Å²) in [6.07, 6.45) is 6.46. The molecule has 0 spiro atoms. The van der Waals surface area contributed by atoms with Gasteiger partial charge in [-0.1, -0.05) is 22.6 Å². The van der Waals surface area contributed by atoms with E-state index in [-0.39, 0.29) is 12.1 Å². The number of hydrogen-bond acceptors (Lipinski definition) is 2. The topological polar surface area (TPSA) is 26.3 Å². The van der Waals surface area contributed by atoms with E-state index < -0.39 is 0 Å². The number of rotatable bonds is 1. The van der Waals surface area contributed by atoms with E-state index in [4.69, 9.17) is 4.74 Å². The molecular formula is C11H17IO2. The van der Waals surface area contributed by atoms with Crippen molar-refractivity contribution in [2.45, 2.75) is 49.1 Å². The molecule has 2 nitrogen and oxygen atoms in total. The SMILES string of the molecule is CC(=O)OC1CC2CC(I)CC(C2)C1. The van der Waals surface area contributed by atoms with Crippen LogP contribution in [0.15, 0.2) is 0 Å². The summed E-state index contributed by atoms with van der Waals surface area (Å²) in [5, 5.41) is 0. The zero-order valence-electron chi connectivity index (χ0n) is 8.54. The number of esters is 1. The van der Waals surface area contributed by atoms with Crippen LogP contribution in [0.25, 0.3) is 0 Å². The van der Waals surface area contributed by atoms with Gasteiger partial charge in [0.15, 0.2) is 0 Å². The molecular weight excluding hydrogens is 291 g/mol. The van der Waals surface area contributed by atoms with Gasteiger partial charge in [-0.15, -0.1) is 0 Å². The third kappa shape index (κ3) is 2.61. The van der Waals surface area contributed by atoms with Crippen LogP contribution in [-0.2, 0) is 9.53 Å². The van der Waals surface area contributed by atoms with E-state index in [1.807, 2.05) is 0 Å². The predicted molar refractivity (Wildman–Crippen MR) is 63.4 cm³/mol. The highest BCUT2D eigenvalue weighted by Gasteiger charge is 2.36. The van der Waals surface area contributed by atoms with E-state index in [0.717, 1.165) is 28.6 Å². The fraction of sp³-hybridized carbons (Fsp3) is 0.909. The highest BCUT2D eigenvalue weighted by molar-refractivity contribution is 14.1. The van der Waals surface area contributed by atoms with Crippen molar-refractivity contribution >= 4 is 28.6 Å². The molecule has 2 rings (SSSR count). The van der Waals surface area contributed by atoms with Gasteiger partial charge in [-0.05, 0) is 43.9 Å². The maximum absolute atomic E-state index is 10.9. The van der Waals surface area contributed by atoms with Crippen molar-refractivity contribution in [2.24, 2.45) is 11.8 Å². The van der Waals surface area contributed by atoms with Gasteiger partial charge >= 0.3 is 5.97 Å². The maximum Gasteiger partial charge on any atom is 0.302 e. The summed E-state index contributed by atoms with van der Waals surface area (Å²) >= 11 is 2.57. The van der Waals surface area contributed by atoms with Crippen molar-refractivity contribution in [2.75, 3.05) is 0 Å². The van der Waals surface area contributed by atoms with Crippen molar-refractivity contribution in [1.29, 1.82) is 0 Å². The quantitative estimate of drug-likeness (QED) is 0.423. The first-order valence-corrected chi connectivity index (χ1v) is 6.69. The van der Waals surface area contributed by atoms with Gasteiger partial charge in [-0.3, -0.25) is 4.79 Å². The molecule has 0 aliphatic heterocycles. The molecule has 0 radical (unpaired) electrons. The maximum atomic E-state index is 10.9. The van der Waals surface area contributed by atoms with Gasteiger partial charge in [0.1, 0.15) is 6.10 Å². The Balaban J connectivity index is 1.92. The van der Waals surface area contributed by atoms with Crippen LogP contribution in [0.4, 0.5) is 0 Å². The van der Waals surface area contributed by atoms with Crippen LogP contribution in [0.2, 0.25) is 0 Å². The monoisotopic (exact) mass is 308 g/mol. The highest BCUT2D eigenvalue weighted by atomic mass is 127. The summed E-state index contributed by atoms with van der Waals surface area (Å²) in [7, 11) is 0. The van der Waals surface area contributed by atoms with Crippen molar-refractivity contribution in [1.82, 2.24) is 0 Å². The molecule has 2 saturated carbocycles. The van der Waals surface area contributed by atoms with Crippen molar-refractivity contribution in [3.8, 4) is 0 Å². The van der Waals surface area contributed by atoms with E-state index >= 15 is 0 Å². The Morgan fingerprint density at radius 3 is 2.21 bits per heavy atom. The lowest BCUT2D eigenvalue weighted by Gasteiger charge is -2.40. The molecule has 3 heteroatoms. The minimum absolute atomic E-state index is 0.110. The van der Waals surface area contributed by atoms with E-state index in [0.29, 0.717) is 0 Å². The van der Waals surface area contributed by atoms with Gasteiger partial charge in [0.05, 0.1) is 0 Å². The Bertz CT molecular complexity index is 211. The van der Waals surface area contributed by atoms with E-state index in [1.165, 1.54) is 26.2 Å². The van der Waals surface area contributed by atoms with Crippen molar-refractivity contribution in [3.63, 3.8) is 0 Å². The largest absolute Gasteiger partial charge is 0.463 e. The van der Waals surface area contributed by atoms with Crippen molar-refractivity contribution < 1.29 is 9.53 Å². The number of halogens is 1. The number of carbonyl (C=O) groups is 1. The van der Waals surface area contributed by atoms with E-state index in [2.05, 4.69) is 22.6 Å². The first-order valence-electron chi connectivity index (χ1n) is 5.44. The normalized spacial score (nSPS) is 41.9. The summed E-state index contributed by atoms with van der Waals surface area (Å²) in [5.74, 6) is 1.52. The Morgan fingerprint density at radius 2 is 1.71 bits per heavy atom. The summed E-state index contributed by atoms with van der Waals surface area (Å²) in [5.41, 5.74) is 0. The molecule has 2 aliphatic carbocycles. The van der Waals surface area contributed by atoms with Crippen LogP contribution in [0.1, 0.15) is 39.0 Å². The number of hydrogen-bond donors (Lipinski definition) is 0. The van der Waals surface area contributed by atoms with Crippen molar-refractivity contribution in [3.05, 3.63) is 0 Å². The average molecular weight is 308 g/mol. The minimum Gasteiger partial charge on any atom is -0.463 e. The molecule has 2 aliphatic rings. The molecule has 0 N–H and O–H groups in total. The molecule has 2 bridgehead atoms. The van der Waals surface area contributed by atoms with E-state index in [9.17, 15) is 4.79 Å². The predicted octanol–water partition coefficient (Wildman–Crippen LogP) is 2.93. The molecule has 2 fully saturated rings. The lowest BCUT2D eigenvalue weighted by molar-refractivity contribution is -0.150. The van der Waals surface area contributed by atoms with Crippen LogP contribution in [-0.4, -0.2) is 16.0 Å². The minimum atomic E-state index is -0.110. The number of fused-ring (bicyclic) bond motifs is 2. The van der Waals surface area contributed by atoms with Gasteiger partial charge in [0, 0.05) is 10.8 Å². The van der Waals surface area contributed by atoms with Crippen LogP contribution < -0.4 is 0 Å².